The molecule has 22 heteroatoms. The zero-order valence-electron chi connectivity index (χ0n) is 34.3. The summed E-state index contributed by atoms with van der Waals surface area (Å²) in [5.74, 6) is 0.569. The van der Waals surface area contributed by atoms with Crippen LogP contribution < -0.4 is 33.6 Å². The average Bonchev–Trinajstić information content (AvgIpc) is 3.19. The van der Waals surface area contributed by atoms with Crippen molar-refractivity contribution in [2.45, 2.75) is 173 Å². The van der Waals surface area contributed by atoms with Crippen molar-refractivity contribution in [3.05, 3.63) is 23.7 Å². The number of hydrogen-bond acceptors (Lipinski definition) is 22. The molecule has 2 saturated heterocycles. The molecule has 4 fully saturated rings. The van der Waals surface area contributed by atoms with E-state index in [9.17, 15) is 30.6 Å². The lowest BCUT2D eigenvalue weighted by Crippen LogP contribution is -2.68. The quantitative estimate of drug-likeness (QED) is 0.119. The molecule has 0 spiro atoms. The molecule has 4 bridgehead atoms. The van der Waals surface area contributed by atoms with E-state index in [0.29, 0.717) is 12.8 Å². The van der Waals surface area contributed by atoms with Crippen LogP contribution in [0.25, 0.3) is 0 Å². The molecule has 340 valence electrons. The summed E-state index contributed by atoms with van der Waals surface area (Å²) in [5.41, 5.74) is 23.5. The zero-order chi connectivity index (χ0) is 43.3. The van der Waals surface area contributed by atoms with E-state index in [1.165, 1.54) is 26.3 Å². The predicted molar refractivity (Wildman–Crippen MR) is 211 cm³/mol. The van der Waals surface area contributed by atoms with E-state index in [2.05, 4.69) is 10.6 Å². The monoisotopic (exact) mass is 856 g/mol. The van der Waals surface area contributed by atoms with Gasteiger partial charge in [0.15, 0.2) is 12.6 Å². The van der Waals surface area contributed by atoms with Crippen LogP contribution in [0.3, 0.4) is 0 Å². The number of aliphatic hydroxyl groups excluding tert-OH is 4. The lowest BCUT2D eigenvalue weighted by atomic mass is 9.83. The lowest BCUT2D eigenvalue weighted by molar-refractivity contribution is -0.303. The summed E-state index contributed by atoms with van der Waals surface area (Å²) in [4.78, 5) is 9.53. The minimum absolute atomic E-state index is 0.140. The third-order valence-corrected chi connectivity index (χ3v) is 12.6. The number of allylic oxidation sites excluding steroid dienone is 2. The number of nitrogens with one attached hydrogen (secondary N) is 2. The molecule has 2 aliphatic carbocycles. The molecular formula is C38H64N8O14. The highest BCUT2D eigenvalue weighted by atomic mass is 16.7. The highest BCUT2D eigenvalue weighted by molar-refractivity contribution is 5.77. The summed E-state index contributed by atoms with van der Waals surface area (Å²) in [6, 6.07) is -6.16. The van der Waals surface area contributed by atoms with Crippen LogP contribution in [0.1, 0.15) is 39.5 Å². The molecule has 16 N–H and O–H groups in total. The Morgan fingerprint density at radius 2 is 1.02 bits per heavy atom. The first-order valence-corrected chi connectivity index (χ1v) is 20.6. The van der Waals surface area contributed by atoms with E-state index in [0.717, 1.165) is 0 Å². The van der Waals surface area contributed by atoms with Gasteiger partial charge in [0.2, 0.25) is 12.6 Å². The maximum Gasteiger partial charge on any atom is 0.215 e. The number of fused-ring (bicyclic) bond motifs is 6. The first-order valence-electron chi connectivity index (χ1n) is 20.6. The Bertz CT molecular complexity index is 1490. The van der Waals surface area contributed by atoms with Crippen molar-refractivity contribution >= 4 is 12.4 Å². The van der Waals surface area contributed by atoms with Crippen LogP contribution in [-0.2, 0) is 37.9 Å². The van der Waals surface area contributed by atoms with Gasteiger partial charge in [0.05, 0.1) is 61.9 Å². The van der Waals surface area contributed by atoms with Gasteiger partial charge in [-0.05, 0) is 65.8 Å². The van der Waals surface area contributed by atoms with Crippen LogP contribution in [0.15, 0.2) is 33.7 Å². The first kappa shape index (κ1) is 45.7. The fraction of sp³-hybridized carbons (Fsp3) is 0.842. The molecule has 0 radical (unpaired) electrons. The van der Waals surface area contributed by atoms with Crippen molar-refractivity contribution in [2.75, 3.05) is 27.3 Å². The molecular weight excluding hydrogens is 792 g/mol. The molecule has 0 aromatic rings. The number of ether oxygens (including phenoxy) is 8. The van der Waals surface area contributed by atoms with Gasteiger partial charge in [-0.25, -0.2) is 0 Å². The van der Waals surface area contributed by atoms with Crippen molar-refractivity contribution in [3.8, 4) is 0 Å². The lowest BCUT2D eigenvalue weighted by Gasteiger charge is -2.48. The van der Waals surface area contributed by atoms with Crippen molar-refractivity contribution in [1.82, 2.24) is 10.6 Å². The first-order chi connectivity index (χ1) is 28.4. The molecule has 7 aliphatic rings. The topological polar surface area (TPSA) is 348 Å². The average molecular weight is 857 g/mol. The van der Waals surface area contributed by atoms with Crippen molar-refractivity contribution < 1.29 is 68.5 Å². The Morgan fingerprint density at radius 1 is 0.633 bits per heavy atom. The maximum atomic E-state index is 11.9. The molecule has 0 unspecified atom stereocenters. The van der Waals surface area contributed by atoms with Crippen molar-refractivity contribution in [1.29, 1.82) is 0 Å². The van der Waals surface area contributed by atoms with Gasteiger partial charge in [-0.2, -0.15) is 0 Å². The second-order valence-corrected chi connectivity index (χ2v) is 17.4. The molecule has 0 amide bonds. The summed E-state index contributed by atoms with van der Waals surface area (Å²) >= 11 is 0. The van der Waals surface area contributed by atoms with Gasteiger partial charge >= 0.3 is 0 Å². The number of rotatable bonds is 6. The largest absolute Gasteiger partial charge is 0.462 e. The molecule has 0 aromatic heterocycles. The van der Waals surface area contributed by atoms with Crippen LogP contribution in [0.2, 0.25) is 0 Å². The van der Waals surface area contributed by atoms with E-state index < -0.39 is 134 Å². The second-order valence-electron chi connectivity index (χ2n) is 17.4. The Morgan fingerprint density at radius 3 is 1.38 bits per heavy atom. The zero-order valence-corrected chi connectivity index (χ0v) is 34.3. The van der Waals surface area contributed by atoms with Gasteiger partial charge in [-0.3, -0.25) is 9.98 Å². The maximum absolute atomic E-state index is 11.9. The third-order valence-electron chi connectivity index (χ3n) is 12.6. The molecule has 22 nitrogen and oxygen atoms in total. The molecule has 0 aromatic carbocycles. The molecule has 7 rings (SSSR count). The Kier molecular flexibility index (Phi) is 14.0. The fourth-order valence-electron chi connectivity index (χ4n) is 9.21. The molecule has 5 heterocycles. The summed E-state index contributed by atoms with van der Waals surface area (Å²) in [7, 11) is 3.20. The van der Waals surface area contributed by atoms with Gasteiger partial charge in [0.25, 0.3) is 0 Å². The standard InChI is InChI=1S/C38H64N8O14/c1-37(51)13-53-35(25(49)31(37)43-3)57-27-19(41)9-21-29(23(27)47)59-33-17(39)7-5-16(55-33)12-46-22-10-20(42)28(58-36-26(50)32(44-4)38(2,52)14-54-36)24(48)30(22)60-34-18(40)8-6-15(56-34)11-45-21/h5-6,11-12,17-36,43-44,47-52H,7-10,13-14,39-42H2,1-4H3/t17-,18-,19-,20-,21+,22+,23-,24-,25-,26-,27+,28+,29-,30-,31-,32-,33-,34-,35-,36-,37+,38+/m1/s1. The molecule has 5 aliphatic heterocycles. The van der Waals surface area contributed by atoms with E-state index in [4.69, 9.17) is 70.8 Å². The van der Waals surface area contributed by atoms with Crippen molar-refractivity contribution in [3.63, 3.8) is 0 Å². The fourth-order valence-corrected chi connectivity index (χ4v) is 9.21. The van der Waals surface area contributed by atoms with Gasteiger partial charge < -0.3 is 102 Å². The van der Waals surface area contributed by atoms with E-state index in [1.807, 2.05) is 0 Å². The van der Waals surface area contributed by atoms with Crippen LogP contribution in [-0.4, -0.2) is 204 Å². The van der Waals surface area contributed by atoms with Crippen LogP contribution in [0, 0.1) is 0 Å². The predicted octanol–water partition coefficient (Wildman–Crippen LogP) is -5.37. The van der Waals surface area contributed by atoms with Gasteiger partial charge in [-0.1, -0.05) is 0 Å². The Labute approximate surface area is 348 Å². The SMILES string of the molecule is CN[C@@H]1[C@@H](O)[C@@H](O[C@@H]2[C@@H](O)[C@@H]3O[C@H]4OC(=CC[C@H]4N)C=N[C@H]4C[C@@H](N)[C@H](O[C@H]5OC[C@](C)(O)[C@H](NC)[C@H]5O)[C@@H](O)[C@@H]4O[C@H]4OC(=CC[C@H]4N)C=N[C@H]3C[C@H]2N)OC[C@]1(C)O. The molecule has 22 atom stereocenters. The van der Waals surface area contributed by atoms with Crippen LogP contribution in [0.4, 0.5) is 0 Å². The number of nitrogens with zero attached hydrogens (tertiary/aromatic N) is 2. The van der Waals surface area contributed by atoms with Gasteiger partial charge in [-0.15, -0.1) is 0 Å². The second kappa shape index (κ2) is 18.4. The van der Waals surface area contributed by atoms with E-state index in [1.54, 1.807) is 26.2 Å². The highest BCUT2D eigenvalue weighted by Gasteiger charge is 2.53. The number of nitrogens with two attached hydrogens (primary N) is 4. The molecule has 2 saturated carbocycles. The van der Waals surface area contributed by atoms with Crippen LogP contribution in [0.5, 0.6) is 0 Å². The third kappa shape index (κ3) is 9.32. The minimum Gasteiger partial charge on any atom is -0.462 e. The number of likely N-dealkylation sites (N-methyl/N-ethyl adjacent to an activating group) is 2. The smallest absolute Gasteiger partial charge is 0.215 e. The highest BCUT2D eigenvalue weighted by Crippen LogP contribution is 2.36. The van der Waals surface area contributed by atoms with Crippen molar-refractivity contribution in [2.24, 2.45) is 32.9 Å². The normalized spacial score (nSPS) is 51.2. The van der Waals surface area contributed by atoms with Gasteiger partial charge in [0.1, 0.15) is 71.6 Å². The van der Waals surface area contributed by atoms with E-state index >= 15 is 0 Å². The number of hydrogen-bond donors (Lipinski definition) is 12. The number of aliphatic imine (C=N–C) groups is 2. The van der Waals surface area contributed by atoms with Crippen LogP contribution >= 0.6 is 0 Å². The summed E-state index contributed by atoms with van der Waals surface area (Å²) in [5, 5.41) is 73.3. The Hall–Kier alpha value is -2.30. The number of aliphatic hydroxyl groups is 6. The minimum atomic E-state index is -1.43. The molecule has 60 heavy (non-hydrogen) atoms. The summed E-state index contributed by atoms with van der Waals surface area (Å²) in [6.07, 6.45) is -7.30. The summed E-state index contributed by atoms with van der Waals surface area (Å²) in [6.45, 7) is 2.75. The Balaban J connectivity index is 1.14. The van der Waals surface area contributed by atoms with E-state index in [-0.39, 0.29) is 37.6 Å². The van der Waals surface area contributed by atoms with Gasteiger partial charge in [0, 0.05) is 12.1 Å². The summed E-state index contributed by atoms with van der Waals surface area (Å²) < 4.78 is 49.1.